The maximum Gasteiger partial charge on any atom is 0.0701 e. The van der Waals surface area contributed by atoms with Gasteiger partial charge in [-0.05, 0) is 61.4 Å². The minimum absolute atomic E-state index is 0.179. The summed E-state index contributed by atoms with van der Waals surface area (Å²) >= 11 is 2.08. The van der Waals surface area contributed by atoms with Gasteiger partial charge >= 0.3 is 0 Å². The van der Waals surface area contributed by atoms with Crippen molar-refractivity contribution in [3.8, 4) is 0 Å². The molecule has 2 unspecified atom stereocenters. The summed E-state index contributed by atoms with van der Waals surface area (Å²) in [4.78, 5) is 0. The van der Waals surface area contributed by atoms with Crippen molar-refractivity contribution < 1.29 is 4.74 Å². The third-order valence-electron chi connectivity index (χ3n) is 6.08. The Morgan fingerprint density at radius 2 is 1.90 bits per heavy atom. The van der Waals surface area contributed by atoms with Gasteiger partial charge in [-0.15, -0.1) is 0 Å². The predicted octanol–water partition coefficient (Wildman–Crippen LogP) is 3.09. The fourth-order valence-corrected chi connectivity index (χ4v) is 6.08. The Bertz CT molecular complexity index is 319. The zero-order valence-electron chi connectivity index (χ0n) is 12.8. The Balaban J connectivity index is 1.71. The van der Waals surface area contributed by atoms with Crippen LogP contribution >= 0.6 is 11.8 Å². The molecule has 3 aliphatic rings. The zero-order chi connectivity index (χ0) is 14.1. The monoisotopic (exact) mass is 298 g/mol. The normalized spacial score (nSPS) is 34.2. The van der Waals surface area contributed by atoms with E-state index in [0.29, 0.717) is 17.4 Å². The first-order valence-electron chi connectivity index (χ1n) is 8.35. The van der Waals surface area contributed by atoms with E-state index >= 15 is 0 Å². The molecule has 116 valence electrons. The second-order valence-corrected chi connectivity index (χ2v) is 8.63. The molecule has 2 aliphatic heterocycles. The molecule has 0 radical (unpaired) electrons. The lowest BCUT2D eigenvalue weighted by atomic mass is 9.69. The predicted molar refractivity (Wildman–Crippen MR) is 85.7 cm³/mol. The van der Waals surface area contributed by atoms with Crippen LogP contribution in [0.25, 0.3) is 0 Å². The van der Waals surface area contributed by atoms with Crippen molar-refractivity contribution in [1.82, 2.24) is 5.43 Å². The summed E-state index contributed by atoms with van der Waals surface area (Å²) < 4.78 is 6.24. The molecule has 20 heavy (non-hydrogen) atoms. The maximum absolute atomic E-state index is 6.24. The lowest BCUT2D eigenvalue weighted by Gasteiger charge is -2.48. The van der Waals surface area contributed by atoms with Gasteiger partial charge in [0.2, 0.25) is 0 Å². The molecule has 3 rings (SSSR count). The van der Waals surface area contributed by atoms with Crippen molar-refractivity contribution in [2.24, 2.45) is 17.2 Å². The van der Waals surface area contributed by atoms with Crippen LogP contribution in [0.3, 0.4) is 0 Å². The van der Waals surface area contributed by atoms with Gasteiger partial charge in [0.15, 0.2) is 0 Å². The van der Waals surface area contributed by atoms with Gasteiger partial charge in [-0.2, -0.15) is 11.8 Å². The summed E-state index contributed by atoms with van der Waals surface area (Å²) in [5.74, 6) is 9.22. The average molecular weight is 298 g/mol. The van der Waals surface area contributed by atoms with Crippen LogP contribution in [0, 0.1) is 11.3 Å². The van der Waals surface area contributed by atoms with Gasteiger partial charge in [-0.25, -0.2) is 0 Å². The molecule has 1 spiro atoms. The fourth-order valence-electron chi connectivity index (χ4n) is 4.84. The van der Waals surface area contributed by atoms with E-state index in [2.05, 4.69) is 24.1 Å². The molecule has 3 nitrogen and oxygen atoms in total. The van der Waals surface area contributed by atoms with Crippen molar-refractivity contribution in [3.63, 3.8) is 0 Å². The summed E-state index contributed by atoms with van der Waals surface area (Å²) in [6, 6.07) is 0.473. The molecule has 0 bridgehead atoms. The van der Waals surface area contributed by atoms with Gasteiger partial charge in [0.05, 0.1) is 5.60 Å². The Labute approximate surface area is 127 Å². The molecule has 2 heterocycles. The lowest BCUT2D eigenvalue weighted by molar-refractivity contribution is -0.113. The molecule has 3 N–H and O–H groups in total. The van der Waals surface area contributed by atoms with Crippen LogP contribution in [0.5, 0.6) is 0 Å². The van der Waals surface area contributed by atoms with E-state index in [9.17, 15) is 0 Å². The molecular weight excluding hydrogens is 268 g/mol. The second kappa shape index (κ2) is 6.15. The van der Waals surface area contributed by atoms with Crippen molar-refractivity contribution in [1.29, 1.82) is 0 Å². The number of hydrazine groups is 1. The minimum Gasteiger partial charge on any atom is -0.375 e. The SMILES string of the molecule is CC1(C(NN)C2CCOC3(CCSCC3)C2)CCCC1. The molecule has 0 aromatic rings. The molecule has 0 amide bonds. The van der Waals surface area contributed by atoms with Crippen LogP contribution in [0.15, 0.2) is 0 Å². The smallest absolute Gasteiger partial charge is 0.0701 e. The number of nitrogens with one attached hydrogen (secondary N) is 1. The lowest BCUT2D eigenvalue weighted by Crippen LogP contribution is -2.55. The summed E-state index contributed by atoms with van der Waals surface area (Å²) in [5.41, 5.74) is 3.80. The van der Waals surface area contributed by atoms with Gasteiger partial charge in [-0.1, -0.05) is 19.8 Å². The molecule has 3 fully saturated rings. The van der Waals surface area contributed by atoms with E-state index in [-0.39, 0.29) is 5.60 Å². The van der Waals surface area contributed by atoms with Crippen molar-refractivity contribution >= 4 is 11.8 Å². The largest absolute Gasteiger partial charge is 0.375 e. The topological polar surface area (TPSA) is 47.3 Å². The highest BCUT2D eigenvalue weighted by Gasteiger charge is 2.46. The highest BCUT2D eigenvalue weighted by molar-refractivity contribution is 7.99. The molecule has 2 saturated heterocycles. The number of thioether (sulfide) groups is 1. The minimum atomic E-state index is 0.179. The highest BCUT2D eigenvalue weighted by Crippen LogP contribution is 2.48. The second-order valence-electron chi connectivity index (χ2n) is 7.40. The van der Waals surface area contributed by atoms with Gasteiger partial charge in [-0.3, -0.25) is 11.3 Å². The van der Waals surface area contributed by atoms with E-state index in [0.717, 1.165) is 6.61 Å². The maximum atomic E-state index is 6.24. The molecule has 4 heteroatoms. The van der Waals surface area contributed by atoms with Crippen LogP contribution in [0.4, 0.5) is 0 Å². The van der Waals surface area contributed by atoms with Gasteiger partial charge in [0.25, 0.3) is 0 Å². The summed E-state index contributed by atoms with van der Waals surface area (Å²) in [5, 5.41) is 0. The van der Waals surface area contributed by atoms with Crippen molar-refractivity contribution in [3.05, 3.63) is 0 Å². The molecule has 0 aromatic heterocycles. The summed E-state index contributed by atoms with van der Waals surface area (Å²) in [7, 11) is 0. The number of rotatable bonds is 3. The Hall–Kier alpha value is 0.230. The molecule has 0 aromatic carbocycles. The van der Waals surface area contributed by atoms with Crippen molar-refractivity contribution in [2.45, 2.75) is 69.9 Å². The number of ether oxygens (including phenoxy) is 1. The van der Waals surface area contributed by atoms with E-state index in [1.54, 1.807) is 0 Å². The Morgan fingerprint density at radius 1 is 1.20 bits per heavy atom. The standard InChI is InChI=1S/C16H30N2OS/c1-15(5-2-3-6-15)14(18-17)13-4-9-19-16(12-13)7-10-20-11-8-16/h13-14,18H,2-12,17H2,1H3. The quantitative estimate of drug-likeness (QED) is 0.621. The first-order chi connectivity index (χ1) is 9.68. The number of hydrogen-bond donors (Lipinski definition) is 2. The Morgan fingerprint density at radius 3 is 2.55 bits per heavy atom. The van der Waals surface area contributed by atoms with Crippen LogP contribution in [-0.2, 0) is 4.74 Å². The van der Waals surface area contributed by atoms with Crippen molar-refractivity contribution in [2.75, 3.05) is 18.1 Å². The first kappa shape index (κ1) is 15.1. The van der Waals surface area contributed by atoms with Crippen LogP contribution in [0.1, 0.15) is 58.3 Å². The molecule has 1 saturated carbocycles. The molecule has 2 atom stereocenters. The molecular formula is C16H30N2OS. The zero-order valence-corrected chi connectivity index (χ0v) is 13.6. The van der Waals surface area contributed by atoms with Gasteiger partial charge in [0, 0.05) is 12.6 Å². The van der Waals surface area contributed by atoms with Gasteiger partial charge in [0.1, 0.15) is 0 Å². The molecule has 1 aliphatic carbocycles. The van der Waals surface area contributed by atoms with Gasteiger partial charge < -0.3 is 4.74 Å². The van der Waals surface area contributed by atoms with E-state index < -0.39 is 0 Å². The van der Waals surface area contributed by atoms with E-state index in [1.807, 2.05) is 0 Å². The number of nitrogens with two attached hydrogens (primary N) is 1. The third kappa shape index (κ3) is 2.90. The van der Waals surface area contributed by atoms with Crippen LogP contribution in [-0.4, -0.2) is 29.8 Å². The summed E-state index contributed by atoms with van der Waals surface area (Å²) in [6.07, 6.45) is 10.3. The summed E-state index contributed by atoms with van der Waals surface area (Å²) in [6.45, 7) is 3.38. The first-order valence-corrected chi connectivity index (χ1v) is 9.51. The average Bonchev–Trinajstić information content (AvgIpc) is 2.88. The van der Waals surface area contributed by atoms with Crippen LogP contribution in [0.2, 0.25) is 0 Å². The Kier molecular flexibility index (Phi) is 4.66. The third-order valence-corrected chi connectivity index (χ3v) is 7.07. The van der Waals surface area contributed by atoms with E-state index in [1.165, 1.54) is 62.9 Å². The van der Waals surface area contributed by atoms with E-state index in [4.69, 9.17) is 10.6 Å². The number of hydrogen-bond acceptors (Lipinski definition) is 4. The highest BCUT2D eigenvalue weighted by atomic mass is 32.2. The fraction of sp³-hybridized carbons (Fsp3) is 1.00. The van der Waals surface area contributed by atoms with Crippen LogP contribution < -0.4 is 11.3 Å².